The summed E-state index contributed by atoms with van der Waals surface area (Å²) in [6.45, 7) is 5.26. The van der Waals surface area contributed by atoms with E-state index >= 15 is 0 Å². The highest BCUT2D eigenvalue weighted by molar-refractivity contribution is 6.02. The average Bonchev–Trinajstić information content (AvgIpc) is 2.18. The van der Waals surface area contributed by atoms with E-state index in [0.29, 0.717) is 6.42 Å². The molecule has 3 N–H and O–H groups in total. The molecule has 0 spiro atoms. The third-order valence-corrected chi connectivity index (χ3v) is 1.59. The molecule has 0 unspecified atom stereocenters. The minimum Gasteiger partial charge on any atom is -0.503 e. The Bertz CT molecular complexity index is 272. The number of carbonyl (C=O) groups is 2. The molecule has 0 aromatic carbocycles. The number of imide groups is 1. The Hall–Kier alpha value is -1.78. The molecule has 15 heavy (non-hydrogen) atoms. The Morgan fingerprint density at radius 1 is 1.47 bits per heavy atom. The Labute approximate surface area is 88.9 Å². The topological polar surface area (TPSA) is 78.4 Å². The van der Waals surface area contributed by atoms with Crippen LogP contribution in [0.1, 0.15) is 26.2 Å². The molecule has 0 fully saturated rings. The molecule has 0 rings (SSSR count). The van der Waals surface area contributed by atoms with Crippen LogP contribution in [-0.2, 0) is 4.79 Å². The lowest BCUT2D eigenvalue weighted by Crippen LogP contribution is -2.37. The van der Waals surface area contributed by atoms with Crippen LogP contribution in [0, 0.1) is 0 Å². The molecule has 0 saturated heterocycles. The van der Waals surface area contributed by atoms with Gasteiger partial charge in [0.15, 0.2) is 5.76 Å². The zero-order chi connectivity index (χ0) is 11.7. The summed E-state index contributed by atoms with van der Waals surface area (Å²) >= 11 is 0. The lowest BCUT2D eigenvalue weighted by atomic mass is 10.2. The van der Waals surface area contributed by atoms with Crippen LogP contribution >= 0.6 is 0 Å². The number of hydrogen-bond donors (Lipinski definition) is 3. The molecule has 5 nitrogen and oxygen atoms in total. The summed E-state index contributed by atoms with van der Waals surface area (Å²) in [5, 5.41) is 13.3. The molecule has 0 aromatic rings. The first-order valence-corrected chi connectivity index (χ1v) is 4.73. The van der Waals surface area contributed by atoms with Crippen LogP contribution in [0.4, 0.5) is 4.79 Å². The molecule has 0 bridgehead atoms. The van der Waals surface area contributed by atoms with E-state index in [9.17, 15) is 14.7 Å². The number of aliphatic hydroxyl groups excluding tert-OH is 1. The van der Waals surface area contributed by atoms with Crippen LogP contribution in [0.25, 0.3) is 0 Å². The third-order valence-electron chi connectivity index (χ3n) is 1.59. The molecule has 0 aromatic heterocycles. The first-order valence-electron chi connectivity index (χ1n) is 4.73. The molecule has 84 valence electrons. The summed E-state index contributed by atoms with van der Waals surface area (Å²) in [7, 11) is 0. The molecule has 3 amide bonds. The summed E-state index contributed by atoms with van der Waals surface area (Å²) in [4.78, 5) is 21.9. The molecule has 0 radical (unpaired) electrons. The van der Waals surface area contributed by atoms with Gasteiger partial charge in [0.25, 0.3) is 5.91 Å². The van der Waals surface area contributed by atoms with E-state index in [2.05, 4.69) is 11.9 Å². The van der Waals surface area contributed by atoms with Gasteiger partial charge in [-0.1, -0.05) is 19.9 Å². The van der Waals surface area contributed by atoms with Crippen LogP contribution in [0.2, 0.25) is 0 Å². The van der Waals surface area contributed by atoms with Crippen molar-refractivity contribution in [3.05, 3.63) is 24.6 Å². The smallest absolute Gasteiger partial charge is 0.325 e. The van der Waals surface area contributed by atoms with E-state index in [1.165, 1.54) is 6.08 Å². The van der Waals surface area contributed by atoms with Gasteiger partial charge in [0.2, 0.25) is 0 Å². The van der Waals surface area contributed by atoms with Gasteiger partial charge in [0.05, 0.1) is 0 Å². The third kappa shape index (κ3) is 6.31. The van der Waals surface area contributed by atoms with Crippen LogP contribution in [0.5, 0.6) is 0 Å². The molecule has 0 atom stereocenters. The molecule has 0 aliphatic heterocycles. The lowest BCUT2D eigenvalue weighted by molar-refractivity contribution is -0.118. The van der Waals surface area contributed by atoms with E-state index in [-0.39, 0.29) is 0 Å². The summed E-state index contributed by atoms with van der Waals surface area (Å²) in [6.07, 6.45) is 5.00. The first kappa shape index (κ1) is 13.2. The second-order valence-electron chi connectivity index (χ2n) is 2.86. The van der Waals surface area contributed by atoms with Crippen molar-refractivity contribution < 1.29 is 14.7 Å². The van der Waals surface area contributed by atoms with Crippen molar-refractivity contribution in [3.8, 4) is 0 Å². The lowest BCUT2D eigenvalue weighted by Gasteiger charge is -2.02. The highest BCUT2D eigenvalue weighted by Crippen LogP contribution is 1.98. The quantitative estimate of drug-likeness (QED) is 0.368. The number of urea groups is 1. The number of hydrogen-bond acceptors (Lipinski definition) is 3. The molecular formula is C10H16N2O3. The van der Waals surface area contributed by atoms with Crippen molar-refractivity contribution in [2.45, 2.75) is 26.2 Å². The van der Waals surface area contributed by atoms with Crippen LogP contribution in [0.15, 0.2) is 24.6 Å². The molecule has 0 aliphatic carbocycles. The standard InChI is InChI=1S/C10H16N2O3/c1-3-5-6-7-8(13)9(14)12-10(15)11-4-2/h4,7,13H,2-3,5-6H2,1H3,(H2,11,12,14,15). The second-order valence-corrected chi connectivity index (χ2v) is 2.86. The Morgan fingerprint density at radius 3 is 2.67 bits per heavy atom. The SMILES string of the molecule is C=CNC(=O)NC(=O)C(O)=CCCCC. The number of nitrogens with one attached hydrogen (secondary N) is 2. The predicted molar refractivity (Wildman–Crippen MR) is 57.1 cm³/mol. The van der Waals surface area contributed by atoms with E-state index in [1.807, 2.05) is 12.2 Å². The maximum absolute atomic E-state index is 11.1. The number of carbonyl (C=O) groups excluding carboxylic acids is 2. The minimum atomic E-state index is -0.814. The highest BCUT2D eigenvalue weighted by Gasteiger charge is 2.09. The number of allylic oxidation sites excluding steroid dienone is 1. The number of rotatable bonds is 5. The monoisotopic (exact) mass is 212 g/mol. The van der Waals surface area contributed by atoms with E-state index in [1.54, 1.807) is 0 Å². The Kier molecular flexibility index (Phi) is 6.70. The van der Waals surface area contributed by atoms with Crippen molar-refractivity contribution in [3.63, 3.8) is 0 Å². The minimum absolute atomic E-state index is 0.442. The number of amides is 3. The fourth-order valence-corrected chi connectivity index (χ4v) is 0.832. The molecule has 0 aliphatic rings. The molecule has 0 saturated carbocycles. The number of aliphatic hydroxyl groups is 1. The fourth-order valence-electron chi connectivity index (χ4n) is 0.832. The van der Waals surface area contributed by atoms with Gasteiger partial charge in [0, 0.05) is 0 Å². The summed E-state index contributed by atoms with van der Waals surface area (Å²) in [5.74, 6) is -1.26. The molecule has 0 heterocycles. The van der Waals surface area contributed by atoms with Crippen molar-refractivity contribution in [1.82, 2.24) is 10.6 Å². The maximum atomic E-state index is 11.1. The van der Waals surface area contributed by atoms with E-state index < -0.39 is 17.7 Å². The van der Waals surface area contributed by atoms with Crippen LogP contribution < -0.4 is 10.6 Å². The van der Waals surface area contributed by atoms with Gasteiger partial charge in [0.1, 0.15) is 0 Å². The summed E-state index contributed by atoms with van der Waals surface area (Å²) in [6, 6.07) is -0.717. The largest absolute Gasteiger partial charge is 0.503 e. The van der Waals surface area contributed by atoms with E-state index in [0.717, 1.165) is 19.0 Å². The van der Waals surface area contributed by atoms with Crippen molar-refractivity contribution in [1.29, 1.82) is 0 Å². The van der Waals surface area contributed by atoms with Crippen LogP contribution in [-0.4, -0.2) is 17.0 Å². The normalized spacial score (nSPS) is 10.6. The highest BCUT2D eigenvalue weighted by atomic mass is 16.3. The number of unbranched alkanes of at least 4 members (excludes halogenated alkanes) is 2. The van der Waals surface area contributed by atoms with Gasteiger partial charge in [-0.3, -0.25) is 10.1 Å². The van der Waals surface area contributed by atoms with Gasteiger partial charge in [-0.25, -0.2) is 4.79 Å². The van der Waals surface area contributed by atoms with Gasteiger partial charge in [-0.2, -0.15) is 0 Å². The predicted octanol–water partition coefficient (Wildman–Crippen LogP) is 1.59. The van der Waals surface area contributed by atoms with Crippen molar-refractivity contribution in [2.24, 2.45) is 0 Å². The molecular weight excluding hydrogens is 196 g/mol. The zero-order valence-corrected chi connectivity index (χ0v) is 8.75. The summed E-state index contributed by atoms with van der Waals surface area (Å²) in [5.41, 5.74) is 0. The average molecular weight is 212 g/mol. The van der Waals surface area contributed by atoms with E-state index in [4.69, 9.17) is 0 Å². The Balaban J connectivity index is 4.03. The van der Waals surface area contributed by atoms with Gasteiger partial charge in [-0.05, 0) is 25.1 Å². The van der Waals surface area contributed by atoms with Gasteiger partial charge < -0.3 is 10.4 Å². The van der Waals surface area contributed by atoms with Gasteiger partial charge in [-0.15, -0.1) is 0 Å². The summed E-state index contributed by atoms with van der Waals surface area (Å²) < 4.78 is 0. The van der Waals surface area contributed by atoms with Gasteiger partial charge >= 0.3 is 6.03 Å². The van der Waals surface area contributed by atoms with Crippen molar-refractivity contribution in [2.75, 3.05) is 0 Å². The fraction of sp³-hybridized carbons (Fsp3) is 0.400. The second kappa shape index (κ2) is 7.61. The van der Waals surface area contributed by atoms with Crippen molar-refractivity contribution >= 4 is 11.9 Å². The molecule has 5 heteroatoms. The zero-order valence-electron chi connectivity index (χ0n) is 8.75. The first-order chi connectivity index (χ1) is 7.11. The van der Waals surface area contributed by atoms with Crippen LogP contribution in [0.3, 0.4) is 0 Å². The Morgan fingerprint density at radius 2 is 2.13 bits per heavy atom. The maximum Gasteiger partial charge on any atom is 0.325 e.